The van der Waals surface area contributed by atoms with Gasteiger partial charge in [0.15, 0.2) is 0 Å². The Bertz CT molecular complexity index is 684. The topological polar surface area (TPSA) is 71.5 Å². The van der Waals surface area contributed by atoms with Crippen LogP contribution >= 0.6 is 10.7 Å². The van der Waals surface area contributed by atoms with E-state index in [1.807, 2.05) is 6.92 Å². The Hall–Kier alpha value is -0.630. The zero-order valence-corrected chi connectivity index (χ0v) is 12.7. The van der Waals surface area contributed by atoms with Crippen LogP contribution < -0.4 is 0 Å². The van der Waals surface area contributed by atoms with Gasteiger partial charge in [-0.3, -0.25) is 0 Å². The summed E-state index contributed by atoms with van der Waals surface area (Å²) in [6.45, 7) is 2.30. The Morgan fingerprint density at radius 3 is 2.37 bits per heavy atom. The summed E-state index contributed by atoms with van der Waals surface area (Å²) in [5.41, 5.74) is 0. The van der Waals surface area contributed by atoms with E-state index in [0.29, 0.717) is 6.54 Å². The average Bonchev–Trinajstić information content (AvgIpc) is 2.75. The Kier molecular flexibility index (Phi) is 3.92. The highest BCUT2D eigenvalue weighted by molar-refractivity contribution is 8.13. The van der Waals surface area contributed by atoms with Crippen LogP contribution in [0.4, 0.5) is 0 Å². The maximum atomic E-state index is 12.4. The van der Waals surface area contributed by atoms with E-state index in [1.165, 1.54) is 22.5 Å². The molecule has 5 nitrogen and oxygen atoms in total. The fourth-order valence-electron chi connectivity index (χ4n) is 2.19. The van der Waals surface area contributed by atoms with E-state index >= 15 is 0 Å². The summed E-state index contributed by atoms with van der Waals surface area (Å²) in [4.78, 5) is -0.245. The Morgan fingerprint density at radius 1 is 1.21 bits per heavy atom. The molecule has 0 bridgehead atoms. The highest BCUT2D eigenvalue weighted by Crippen LogP contribution is 2.27. The highest BCUT2D eigenvalue weighted by Gasteiger charge is 2.33. The summed E-state index contributed by atoms with van der Waals surface area (Å²) < 4.78 is 48.7. The van der Waals surface area contributed by atoms with Gasteiger partial charge in [0, 0.05) is 23.3 Å². The SMILES string of the molecule is CC1CCCN1S(=O)(=O)c1cccc(S(=O)(=O)Cl)c1. The molecular formula is C11H14ClNO4S2. The van der Waals surface area contributed by atoms with Crippen LogP contribution in [0, 0.1) is 0 Å². The molecule has 8 heteroatoms. The Labute approximate surface area is 117 Å². The molecule has 0 amide bonds. The predicted molar refractivity (Wildman–Crippen MR) is 72.1 cm³/mol. The first-order chi connectivity index (χ1) is 8.73. The van der Waals surface area contributed by atoms with Crippen LogP contribution in [-0.2, 0) is 19.1 Å². The van der Waals surface area contributed by atoms with Crippen LogP contribution in [0.5, 0.6) is 0 Å². The third-order valence-electron chi connectivity index (χ3n) is 3.19. The van der Waals surface area contributed by atoms with Gasteiger partial charge in [0.25, 0.3) is 9.05 Å². The molecule has 0 aromatic heterocycles. The van der Waals surface area contributed by atoms with E-state index < -0.39 is 19.1 Å². The maximum Gasteiger partial charge on any atom is 0.261 e. The fraction of sp³-hybridized carbons (Fsp3) is 0.455. The molecule has 1 fully saturated rings. The third-order valence-corrected chi connectivity index (χ3v) is 6.55. The van der Waals surface area contributed by atoms with Gasteiger partial charge >= 0.3 is 0 Å². The molecule has 0 aliphatic carbocycles. The van der Waals surface area contributed by atoms with Gasteiger partial charge in [0.1, 0.15) is 0 Å². The normalized spacial score (nSPS) is 21.7. The lowest BCUT2D eigenvalue weighted by molar-refractivity contribution is 0.408. The summed E-state index contributed by atoms with van der Waals surface area (Å²) in [7, 11) is -2.36. The molecule has 1 saturated heterocycles. The lowest BCUT2D eigenvalue weighted by atomic mass is 10.3. The second kappa shape index (κ2) is 5.05. The third kappa shape index (κ3) is 2.94. The number of nitrogens with zero attached hydrogens (tertiary/aromatic N) is 1. The molecule has 0 spiro atoms. The summed E-state index contributed by atoms with van der Waals surface area (Å²) in [5, 5.41) is 0. The Balaban J connectivity index is 2.47. The van der Waals surface area contributed by atoms with Crippen molar-refractivity contribution < 1.29 is 16.8 Å². The molecule has 1 aliphatic heterocycles. The summed E-state index contributed by atoms with van der Waals surface area (Å²) >= 11 is 0. The summed E-state index contributed by atoms with van der Waals surface area (Å²) in [5.74, 6) is 0. The first-order valence-corrected chi connectivity index (χ1v) is 9.54. The molecule has 106 valence electrons. The van der Waals surface area contributed by atoms with Crippen LogP contribution in [0.2, 0.25) is 0 Å². The van der Waals surface area contributed by atoms with Gasteiger partial charge in [0.2, 0.25) is 10.0 Å². The number of hydrogen-bond acceptors (Lipinski definition) is 4. The number of hydrogen-bond donors (Lipinski definition) is 0. The first-order valence-electron chi connectivity index (χ1n) is 5.79. The van der Waals surface area contributed by atoms with Crippen molar-refractivity contribution in [3.05, 3.63) is 24.3 Å². The first kappa shape index (κ1) is 14.8. The van der Waals surface area contributed by atoms with Gasteiger partial charge in [-0.2, -0.15) is 4.31 Å². The number of halogens is 1. The Morgan fingerprint density at radius 2 is 1.84 bits per heavy atom. The highest BCUT2D eigenvalue weighted by atomic mass is 35.7. The minimum atomic E-state index is -3.93. The molecule has 19 heavy (non-hydrogen) atoms. The van der Waals surface area contributed by atoms with Gasteiger partial charge in [-0.05, 0) is 38.0 Å². The second-order valence-electron chi connectivity index (χ2n) is 4.52. The van der Waals surface area contributed by atoms with Crippen LogP contribution in [0.3, 0.4) is 0 Å². The molecule has 1 unspecified atom stereocenters. The predicted octanol–water partition coefficient (Wildman–Crippen LogP) is 1.79. The van der Waals surface area contributed by atoms with Crippen molar-refractivity contribution in [1.82, 2.24) is 4.31 Å². The van der Waals surface area contributed by atoms with Crippen molar-refractivity contribution in [2.24, 2.45) is 0 Å². The monoisotopic (exact) mass is 323 g/mol. The largest absolute Gasteiger partial charge is 0.261 e. The van der Waals surface area contributed by atoms with Crippen molar-refractivity contribution in [2.45, 2.75) is 35.6 Å². The molecule has 1 atom stereocenters. The van der Waals surface area contributed by atoms with Crippen molar-refractivity contribution in [2.75, 3.05) is 6.54 Å². The van der Waals surface area contributed by atoms with Gasteiger partial charge in [-0.1, -0.05) is 6.07 Å². The number of benzene rings is 1. The van der Waals surface area contributed by atoms with Crippen LogP contribution in [-0.4, -0.2) is 33.7 Å². The molecule has 1 aromatic carbocycles. The van der Waals surface area contributed by atoms with Crippen molar-refractivity contribution in [3.63, 3.8) is 0 Å². The fourth-order valence-corrected chi connectivity index (χ4v) is 4.80. The van der Waals surface area contributed by atoms with Gasteiger partial charge < -0.3 is 0 Å². The van der Waals surface area contributed by atoms with E-state index in [4.69, 9.17) is 10.7 Å². The van der Waals surface area contributed by atoms with Gasteiger partial charge in [0.05, 0.1) is 9.79 Å². The second-order valence-corrected chi connectivity index (χ2v) is 8.98. The summed E-state index contributed by atoms with van der Waals surface area (Å²) in [6.07, 6.45) is 1.63. The van der Waals surface area contributed by atoms with E-state index in [2.05, 4.69) is 0 Å². The van der Waals surface area contributed by atoms with Gasteiger partial charge in [-0.25, -0.2) is 16.8 Å². The van der Waals surface area contributed by atoms with Crippen LogP contribution in [0.25, 0.3) is 0 Å². The van der Waals surface area contributed by atoms with E-state index in [-0.39, 0.29) is 15.8 Å². The van der Waals surface area contributed by atoms with Crippen LogP contribution in [0.1, 0.15) is 19.8 Å². The van der Waals surface area contributed by atoms with Crippen LogP contribution in [0.15, 0.2) is 34.1 Å². The van der Waals surface area contributed by atoms with Crippen molar-refractivity contribution in [1.29, 1.82) is 0 Å². The summed E-state index contributed by atoms with van der Waals surface area (Å²) in [6, 6.07) is 5.06. The zero-order valence-electron chi connectivity index (χ0n) is 10.3. The van der Waals surface area contributed by atoms with Crippen molar-refractivity contribution >= 4 is 29.8 Å². The van der Waals surface area contributed by atoms with E-state index in [1.54, 1.807) is 0 Å². The zero-order chi connectivity index (χ0) is 14.3. The lowest BCUT2D eigenvalue weighted by Gasteiger charge is -2.21. The minimum Gasteiger partial charge on any atom is -0.207 e. The number of sulfonamides is 1. The molecule has 1 aromatic rings. The van der Waals surface area contributed by atoms with E-state index in [0.717, 1.165) is 18.9 Å². The number of rotatable bonds is 3. The molecule has 0 radical (unpaired) electrons. The molecule has 0 saturated carbocycles. The minimum absolute atomic E-state index is 0.0389. The molecule has 0 N–H and O–H groups in total. The molecular weight excluding hydrogens is 310 g/mol. The molecule has 1 aliphatic rings. The van der Waals surface area contributed by atoms with E-state index in [9.17, 15) is 16.8 Å². The maximum absolute atomic E-state index is 12.4. The average molecular weight is 324 g/mol. The quantitative estimate of drug-likeness (QED) is 0.795. The smallest absolute Gasteiger partial charge is 0.207 e. The molecule has 1 heterocycles. The van der Waals surface area contributed by atoms with Crippen molar-refractivity contribution in [3.8, 4) is 0 Å². The lowest BCUT2D eigenvalue weighted by Crippen LogP contribution is -2.33. The van der Waals surface area contributed by atoms with Gasteiger partial charge in [-0.15, -0.1) is 0 Å². The molecule has 2 rings (SSSR count). The standard InChI is InChI=1S/C11H14ClNO4S2/c1-9-4-3-7-13(9)19(16,17)11-6-2-5-10(8-11)18(12,14)15/h2,5-6,8-9H,3-4,7H2,1H3.